The van der Waals surface area contributed by atoms with Gasteiger partial charge in [0.05, 0.1) is 31.0 Å². The van der Waals surface area contributed by atoms with E-state index in [1.807, 2.05) is 49.4 Å². The smallest absolute Gasteiger partial charge is 0.230 e. The number of nitrogens with one attached hydrogen (secondary N) is 1. The molecule has 0 aliphatic carbocycles. The van der Waals surface area contributed by atoms with Crippen molar-refractivity contribution in [3.8, 4) is 0 Å². The van der Waals surface area contributed by atoms with Crippen LogP contribution in [0.3, 0.4) is 0 Å². The highest BCUT2D eigenvalue weighted by Crippen LogP contribution is 2.22. The molecule has 1 atom stereocenters. The minimum absolute atomic E-state index is 0.0366. The molecule has 1 N–H and O–H groups in total. The van der Waals surface area contributed by atoms with E-state index in [9.17, 15) is 9.59 Å². The fraction of sp³-hybridized carbons (Fsp3) is 0.286. The maximum atomic E-state index is 12.8. The molecule has 3 aromatic rings. The molecule has 1 aliphatic heterocycles. The van der Waals surface area contributed by atoms with Gasteiger partial charge in [0, 0.05) is 19.0 Å². The molecule has 1 fully saturated rings. The van der Waals surface area contributed by atoms with Crippen LogP contribution in [0.2, 0.25) is 0 Å². The minimum Gasteiger partial charge on any atom is -0.467 e. The highest BCUT2D eigenvalue weighted by molar-refractivity contribution is 5.96. The van der Waals surface area contributed by atoms with Gasteiger partial charge in [-0.15, -0.1) is 0 Å². The summed E-state index contributed by atoms with van der Waals surface area (Å²) in [6.07, 6.45) is 1.79. The number of hydrogen-bond acceptors (Lipinski definition) is 4. The van der Waals surface area contributed by atoms with Crippen molar-refractivity contribution in [1.82, 2.24) is 14.7 Å². The van der Waals surface area contributed by atoms with Crippen LogP contribution < -0.4 is 5.32 Å². The molecule has 0 saturated carbocycles. The second-order valence-corrected chi connectivity index (χ2v) is 7.06. The van der Waals surface area contributed by atoms with Crippen LogP contribution in [0.5, 0.6) is 0 Å². The van der Waals surface area contributed by atoms with Gasteiger partial charge in [0.15, 0.2) is 0 Å². The number of anilines is 1. The van der Waals surface area contributed by atoms with Crippen LogP contribution in [0.1, 0.15) is 23.4 Å². The molecule has 3 heterocycles. The van der Waals surface area contributed by atoms with Gasteiger partial charge in [-0.2, -0.15) is 5.10 Å². The third kappa shape index (κ3) is 3.98. The van der Waals surface area contributed by atoms with Crippen LogP contribution in [-0.2, 0) is 22.7 Å². The summed E-state index contributed by atoms with van der Waals surface area (Å²) in [4.78, 5) is 26.7. The average molecular weight is 378 g/mol. The maximum Gasteiger partial charge on any atom is 0.230 e. The summed E-state index contributed by atoms with van der Waals surface area (Å²) >= 11 is 0. The largest absolute Gasteiger partial charge is 0.467 e. The number of aryl methyl sites for hydroxylation is 1. The number of benzene rings is 1. The van der Waals surface area contributed by atoms with E-state index < -0.39 is 0 Å². The Bertz CT molecular complexity index is 963. The molecular weight excluding hydrogens is 356 g/mol. The van der Waals surface area contributed by atoms with Crippen molar-refractivity contribution in [2.45, 2.75) is 26.4 Å². The Hall–Kier alpha value is -3.35. The van der Waals surface area contributed by atoms with E-state index in [1.54, 1.807) is 21.9 Å². The third-order valence-electron chi connectivity index (χ3n) is 4.84. The molecule has 1 aromatic carbocycles. The first-order valence-electron chi connectivity index (χ1n) is 9.28. The van der Waals surface area contributed by atoms with Gasteiger partial charge in [-0.25, -0.2) is 4.68 Å². The van der Waals surface area contributed by atoms with Gasteiger partial charge in [0.1, 0.15) is 11.6 Å². The molecule has 28 heavy (non-hydrogen) atoms. The van der Waals surface area contributed by atoms with Gasteiger partial charge in [-0.05, 0) is 24.6 Å². The standard InChI is InChI=1S/C21H22N4O3/c1-15-10-19(25(23-15)12-16-6-3-2-4-7-16)22-21(27)17-11-20(26)24(13-17)14-18-8-5-9-28-18/h2-10,17H,11-14H2,1H3,(H,22,27). The lowest BCUT2D eigenvalue weighted by molar-refractivity contribution is -0.128. The van der Waals surface area contributed by atoms with Crippen LogP contribution in [0.4, 0.5) is 5.82 Å². The van der Waals surface area contributed by atoms with Crippen LogP contribution in [-0.4, -0.2) is 33.0 Å². The minimum atomic E-state index is -0.386. The predicted molar refractivity (Wildman–Crippen MR) is 103 cm³/mol. The van der Waals surface area contributed by atoms with Crippen LogP contribution in [0.25, 0.3) is 0 Å². The number of carbonyl (C=O) groups excluding carboxylic acids is 2. The molecule has 1 aliphatic rings. The van der Waals surface area contributed by atoms with E-state index in [0.717, 1.165) is 11.3 Å². The molecule has 0 bridgehead atoms. The number of carbonyl (C=O) groups is 2. The van der Waals surface area contributed by atoms with Crippen LogP contribution in [0.15, 0.2) is 59.2 Å². The van der Waals surface area contributed by atoms with Crippen molar-refractivity contribution in [3.05, 3.63) is 71.8 Å². The lowest BCUT2D eigenvalue weighted by Gasteiger charge is -2.15. The monoisotopic (exact) mass is 378 g/mol. The molecule has 4 rings (SSSR count). The molecule has 7 heteroatoms. The first kappa shape index (κ1) is 18.0. The molecular formula is C21H22N4O3. The zero-order valence-electron chi connectivity index (χ0n) is 15.7. The Morgan fingerprint density at radius 1 is 1.21 bits per heavy atom. The zero-order valence-corrected chi connectivity index (χ0v) is 15.7. The number of nitrogens with zero attached hydrogens (tertiary/aromatic N) is 3. The summed E-state index contributed by atoms with van der Waals surface area (Å²) in [5, 5.41) is 7.43. The van der Waals surface area contributed by atoms with E-state index in [1.165, 1.54) is 0 Å². The second kappa shape index (κ2) is 7.72. The van der Waals surface area contributed by atoms with Crippen molar-refractivity contribution in [2.75, 3.05) is 11.9 Å². The normalized spacial score (nSPS) is 16.5. The number of aromatic nitrogens is 2. The fourth-order valence-corrected chi connectivity index (χ4v) is 3.44. The summed E-state index contributed by atoms with van der Waals surface area (Å²) in [5.41, 5.74) is 1.93. The van der Waals surface area contributed by atoms with Gasteiger partial charge in [0.25, 0.3) is 0 Å². The van der Waals surface area contributed by atoms with E-state index in [2.05, 4.69) is 10.4 Å². The molecule has 7 nitrogen and oxygen atoms in total. The van der Waals surface area contributed by atoms with Crippen molar-refractivity contribution < 1.29 is 14.0 Å². The molecule has 1 unspecified atom stereocenters. The molecule has 144 valence electrons. The van der Waals surface area contributed by atoms with Crippen LogP contribution >= 0.6 is 0 Å². The Kier molecular flexibility index (Phi) is 4.97. The number of hydrogen-bond donors (Lipinski definition) is 1. The summed E-state index contributed by atoms with van der Waals surface area (Å²) in [6, 6.07) is 15.4. The van der Waals surface area contributed by atoms with Gasteiger partial charge < -0.3 is 14.6 Å². The Balaban J connectivity index is 1.42. The highest BCUT2D eigenvalue weighted by atomic mass is 16.3. The van der Waals surface area contributed by atoms with E-state index in [0.29, 0.717) is 31.2 Å². The quantitative estimate of drug-likeness (QED) is 0.715. The van der Waals surface area contributed by atoms with Crippen LogP contribution in [0, 0.1) is 12.8 Å². The molecule has 2 amide bonds. The molecule has 0 radical (unpaired) electrons. The second-order valence-electron chi connectivity index (χ2n) is 7.06. The van der Waals surface area contributed by atoms with Gasteiger partial charge in [-0.1, -0.05) is 30.3 Å². The lowest BCUT2D eigenvalue weighted by Crippen LogP contribution is -2.28. The molecule has 1 saturated heterocycles. The van der Waals surface area contributed by atoms with Crippen molar-refractivity contribution in [2.24, 2.45) is 5.92 Å². The number of amides is 2. The lowest BCUT2D eigenvalue weighted by atomic mass is 10.1. The van der Waals surface area contributed by atoms with Gasteiger partial charge in [0.2, 0.25) is 11.8 Å². The van der Waals surface area contributed by atoms with E-state index >= 15 is 0 Å². The predicted octanol–water partition coefficient (Wildman–Crippen LogP) is 2.82. The van der Waals surface area contributed by atoms with Crippen molar-refractivity contribution in [3.63, 3.8) is 0 Å². The SMILES string of the molecule is Cc1cc(NC(=O)C2CC(=O)N(Cc3ccco3)C2)n(Cc2ccccc2)n1. The van der Waals surface area contributed by atoms with Crippen molar-refractivity contribution in [1.29, 1.82) is 0 Å². The molecule has 2 aromatic heterocycles. The van der Waals surface area contributed by atoms with Crippen molar-refractivity contribution >= 4 is 17.6 Å². The number of rotatable bonds is 6. The Labute approximate surface area is 162 Å². The van der Waals surface area contributed by atoms with Gasteiger partial charge in [-0.3, -0.25) is 9.59 Å². The summed E-state index contributed by atoms with van der Waals surface area (Å²) in [6.45, 7) is 3.23. The fourth-order valence-electron chi connectivity index (χ4n) is 3.44. The summed E-state index contributed by atoms with van der Waals surface area (Å²) in [7, 11) is 0. The summed E-state index contributed by atoms with van der Waals surface area (Å²) < 4.78 is 7.08. The van der Waals surface area contributed by atoms with E-state index in [4.69, 9.17) is 4.42 Å². The topological polar surface area (TPSA) is 80.4 Å². The number of furan rings is 1. The first-order valence-corrected chi connectivity index (χ1v) is 9.28. The molecule has 0 spiro atoms. The highest BCUT2D eigenvalue weighted by Gasteiger charge is 2.35. The number of likely N-dealkylation sites (tertiary alicyclic amines) is 1. The van der Waals surface area contributed by atoms with Gasteiger partial charge >= 0.3 is 0 Å². The first-order chi connectivity index (χ1) is 13.6. The third-order valence-corrected chi connectivity index (χ3v) is 4.84. The average Bonchev–Trinajstić information content (AvgIpc) is 3.39. The maximum absolute atomic E-state index is 12.8. The summed E-state index contributed by atoms with van der Waals surface area (Å²) in [5.74, 6) is 0.770. The Morgan fingerprint density at radius 2 is 2.04 bits per heavy atom. The Morgan fingerprint density at radius 3 is 2.79 bits per heavy atom. The van der Waals surface area contributed by atoms with E-state index in [-0.39, 0.29) is 24.2 Å². The zero-order chi connectivity index (χ0) is 19.5.